The third kappa shape index (κ3) is 2.76. The van der Waals surface area contributed by atoms with Crippen LogP contribution in [0.2, 0.25) is 0 Å². The second kappa shape index (κ2) is 4.47. The van der Waals surface area contributed by atoms with Crippen molar-refractivity contribution in [3.8, 4) is 6.07 Å². The molecule has 0 fully saturated rings. The largest absolute Gasteiger partial charge is 0.198 e. The molecule has 0 amide bonds. The van der Waals surface area contributed by atoms with Gasteiger partial charge in [0.1, 0.15) is 0 Å². The Morgan fingerprint density at radius 2 is 2.15 bits per heavy atom. The van der Waals surface area contributed by atoms with Gasteiger partial charge in [0.25, 0.3) is 0 Å². The van der Waals surface area contributed by atoms with E-state index in [-0.39, 0.29) is 0 Å². The summed E-state index contributed by atoms with van der Waals surface area (Å²) >= 11 is 0. The minimum absolute atomic E-state index is 0.479. The van der Waals surface area contributed by atoms with Crippen molar-refractivity contribution in [2.45, 2.75) is 20.3 Å². The maximum absolute atomic E-state index is 8.36. The molecule has 0 aliphatic heterocycles. The SMILES string of the molecule is Cc1ccc(/C=C/CC#N)c(C)c1. The summed E-state index contributed by atoms with van der Waals surface area (Å²) in [6, 6.07) is 8.39. The molecule has 1 heteroatoms. The lowest BCUT2D eigenvalue weighted by Gasteiger charge is -2.00. The Kier molecular flexibility index (Phi) is 3.28. The van der Waals surface area contributed by atoms with E-state index in [1.54, 1.807) is 0 Å². The van der Waals surface area contributed by atoms with Gasteiger partial charge in [0.05, 0.1) is 12.5 Å². The molecule has 0 saturated heterocycles. The van der Waals surface area contributed by atoms with E-state index in [1.807, 2.05) is 12.2 Å². The second-order valence-corrected chi connectivity index (χ2v) is 3.12. The smallest absolute Gasteiger partial charge is 0.0663 e. The van der Waals surface area contributed by atoms with Gasteiger partial charge in [0.2, 0.25) is 0 Å². The highest BCUT2D eigenvalue weighted by Gasteiger charge is 1.92. The van der Waals surface area contributed by atoms with Crippen LogP contribution in [-0.4, -0.2) is 0 Å². The molecule has 13 heavy (non-hydrogen) atoms. The first-order valence-corrected chi connectivity index (χ1v) is 4.35. The normalized spacial score (nSPS) is 10.2. The summed E-state index contributed by atoms with van der Waals surface area (Å²) < 4.78 is 0. The molecular formula is C12H13N. The van der Waals surface area contributed by atoms with E-state index < -0.39 is 0 Å². The lowest BCUT2D eigenvalue weighted by molar-refractivity contribution is 1.34. The maximum atomic E-state index is 8.36. The highest BCUT2D eigenvalue weighted by Crippen LogP contribution is 2.12. The molecule has 66 valence electrons. The monoisotopic (exact) mass is 171 g/mol. The molecule has 0 atom stereocenters. The van der Waals surface area contributed by atoms with E-state index >= 15 is 0 Å². The van der Waals surface area contributed by atoms with Crippen LogP contribution in [0.25, 0.3) is 6.08 Å². The number of hydrogen-bond acceptors (Lipinski definition) is 1. The molecule has 0 aromatic heterocycles. The average molecular weight is 171 g/mol. The first kappa shape index (κ1) is 9.54. The van der Waals surface area contributed by atoms with Crippen LogP contribution < -0.4 is 0 Å². The zero-order chi connectivity index (χ0) is 9.68. The molecule has 1 aromatic rings. The standard InChI is InChI=1S/C12H13N/c1-10-6-7-12(11(2)9-10)5-3-4-8-13/h3,5-7,9H,4H2,1-2H3/b5-3+. The van der Waals surface area contributed by atoms with Crippen LogP contribution in [0.1, 0.15) is 23.1 Å². The van der Waals surface area contributed by atoms with E-state index in [4.69, 9.17) is 5.26 Å². The number of aryl methyl sites for hydroxylation is 2. The number of hydrogen-bond donors (Lipinski definition) is 0. The van der Waals surface area contributed by atoms with E-state index in [2.05, 4.69) is 38.1 Å². The fourth-order valence-electron chi connectivity index (χ4n) is 1.25. The van der Waals surface area contributed by atoms with Gasteiger partial charge in [-0.2, -0.15) is 5.26 Å². The van der Waals surface area contributed by atoms with E-state index in [0.29, 0.717) is 6.42 Å². The minimum Gasteiger partial charge on any atom is -0.198 e. The van der Waals surface area contributed by atoms with Crippen LogP contribution >= 0.6 is 0 Å². The fraction of sp³-hybridized carbons (Fsp3) is 0.250. The van der Waals surface area contributed by atoms with Crippen molar-refractivity contribution in [2.24, 2.45) is 0 Å². The highest BCUT2D eigenvalue weighted by molar-refractivity contribution is 5.54. The van der Waals surface area contributed by atoms with Crippen molar-refractivity contribution >= 4 is 6.08 Å². The van der Waals surface area contributed by atoms with Crippen LogP contribution in [0, 0.1) is 25.2 Å². The molecule has 0 bridgehead atoms. The van der Waals surface area contributed by atoms with Crippen LogP contribution in [-0.2, 0) is 0 Å². The van der Waals surface area contributed by atoms with E-state index in [1.165, 1.54) is 16.7 Å². The molecular weight excluding hydrogens is 158 g/mol. The van der Waals surface area contributed by atoms with Gasteiger partial charge in [-0.1, -0.05) is 35.9 Å². The number of nitriles is 1. The predicted molar refractivity (Wildman–Crippen MR) is 55.2 cm³/mol. The Hall–Kier alpha value is -1.55. The van der Waals surface area contributed by atoms with Crippen molar-refractivity contribution < 1.29 is 0 Å². The maximum Gasteiger partial charge on any atom is 0.0663 e. The molecule has 0 spiro atoms. The molecule has 0 saturated carbocycles. The summed E-state index contributed by atoms with van der Waals surface area (Å²) in [7, 11) is 0. The lowest BCUT2D eigenvalue weighted by Crippen LogP contribution is -1.81. The average Bonchev–Trinajstić information content (AvgIpc) is 2.09. The summed E-state index contributed by atoms with van der Waals surface area (Å²) in [6.45, 7) is 4.16. The van der Waals surface area contributed by atoms with Crippen molar-refractivity contribution in [3.05, 3.63) is 41.0 Å². The van der Waals surface area contributed by atoms with Crippen molar-refractivity contribution in [3.63, 3.8) is 0 Å². The van der Waals surface area contributed by atoms with Gasteiger partial charge in [-0.15, -0.1) is 0 Å². The van der Waals surface area contributed by atoms with Crippen molar-refractivity contribution in [2.75, 3.05) is 0 Å². The molecule has 1 rings (SSSR count). The summed E-state index contributed by atoms with van der Waals surface area (Å²) in [6.07, 6.45) is 4.36. The Labute approximate surface area is 79.3 Å². The topological polar surface area (TPSA) is 23.8 Å². The minimum atomic E-state index is 0.479. The van der Waals surface area contributed by atoms with Gasteiger partial charge in [0, 0.05) is 0 Å². The van der Waals surface area contributed by atoms with Gasteiger partial charge in [-0.05, 0) is 25.0 Å². The molecule has 1 aromatic carbocycles. The van der Waals surface area contributed by atoms with Gasteiger partial charge < -0.3 is 0 Å². The third-order valence-electron chi connectivity index (χ3n) is 1.93. The quantitative estimate of drug-likeness (QED) is 0.670. The van der Waals surface area contributed by atoms with Crippen LogP contribution in [0.5, 0.6) is 0 Å². The summed E-state index contributed by atoms with van der Waals surface area (Å²) in [5.41, 5.74) is 3.73. The number of allylic oxidation sites excluding steroid dienone is 1. The van der Waals surface area contributed by atoms with E-state index in [0.717, 1.165) is 0 Å². The lowest BCUT2D eigenvalue weighted by atomic mass is 10.1. The number of rotatable bonds is 2. The van der Waals surface area contributed by atoms with Crippen LogP contribution in [0.15, 0.2) is 24.3 Å². The van der Waals surface area contributed by atoms with Gasteiger partial charge in [-0.3, -0.25) is 0 Å². The first-order valence-electron chi connectivity index (χ1n) is 4.35. The van der Waals surface area contributed by atoms with Gasteiger partial charge in [0.15, 0.2) is 0 Å². The molecule has 0 aliphatic rings. The Balaban J connectivity index is 2.85. The summed E-state index contributed by atoms with van der Waals surface area (Å²) in [5, 5.41) is 8.36. The van der Waals surface area contributed by atoms with Gasteiger partial charge in [-0.25, -0.2) is 0 Å². The van der Waals surface area contributed by atoms with Crippen molar-refractivity contribution in [1.29, 1.82) is 5.26 Å². The molecule has 0 N–H and O–H groups in total. The van der Waals surface area contributed by atoms with Crippen LogP contribution in [0.3, 0.4) is 0 Å². The molecule has 0 unspecified atom stereocenters. The summed E-state index contributed by atoms with van der Waals surface area (Å²) in [4.78, 5) is 0. The molecule has 0 radical (unpaired) electrons. The first-order chi connectivity index (χ1) is 6.24. The Bertz CT molecular complexity index is 356. The zero-order valence-corrected chi connectivity index (χ0v) is 8.04. The van der Waals surface area contributed by atoms with Crippen molar-refractivity contribution in [1.82, 2.24) is 0 Å². The zero-order valence-electron chi connectivity index (χ0n) is 8.04. The molecule has 0 aliphatic carbocycles. The Morgan fingerprint density at radius 1 is 1.38 bits per heavy atom. The van der Waals surface area contributed by atoms with E-state index in [9.17, 15) is 0 Å². The Morgan fingerprint density at radius 3 is 2.77 bits per heavy atom. The predicted octanol–water partition coefficient (Wildman–Crippen LogP) is 3.23. The number of nitrogens with zero attached hydrogens (tertiary/aromatic N) is 1. The summed E-state index contributed by atoms with van der Waals surface area (Å²) in [5.74, 6) is 0. The molecule has 1 nitrogen and oxygen atoms in total. The second-order valence-electron chi connectivity index (χ2n) is 3.12. The van der Waals surface area contributed by atoms with Crippen LogP contribution in [0.4, 0.5) is 0 Å². The highest BCUT2D eigenvalue weighted by atomic mass is 14.2. The van der Waals surface area contributed by atoms with Gasteiger partial charge >= 0.3 is 0 Å². The number of benzene rings is 1. The molecule has 0 heterocycles. The third-order valence-corrected chi connectivity index (χ3v) is 1.93. The fourth-order valence-corrected chi connectivity index (χ4v) is 1.25.